The Morgan fingerprint density at radius 3 is 2.45 bits per heavy atom. The van der Waals surface area contributed by atoms with E-state index in [2.05, 4.69) is 67.5 Å². The Bertz CT molecular complexity index is 985. The standard InChI is InChI=1S/C27H31NO2.ClH/c1-28(2)18-21-10-13-24-17-25(15-14-23(24)16-21)30-19-20-8-11-22(12-9-20)26-6-4-5-7-27(26)29-3;/h4-9,11-12,14-15,17,21H,10,13,16,18-19H2,1-3H3;1H. The van der Waals surface area contributed by atoms with Gasteiger partial charge in [-0.25, -0.2) is 0 Å². The smallest absolute Gasteiger partial charge is 0.126 e. The Balaban J connectivity index is 0.00000272. The first kappa shape index (κ1) is 23.2. The van der Waals surface area contributed by atoms with Crippen LogP contribution in [-0.2, 0) is 19.4 Å². The Kier molecular flexibility index (Phi) is 8.00. The maximum absolute atomic E-state index is 6.11. The molecular formula is C27H32ClNO2. The Hall–Kier alpha value is -2.49. The number of halogens is 1. The van der Waals surface area contributed by atoms with Crippen LogP contribution in [0.4, 0.5) is 0 Å². The van der Waals surface area contributed by atoms with Gasteiger partial charge < -0.3 is 14.4 Å². The number of nitrogens with zero attached hydrogens (tertiary/aromatic N) is 1. The van der Waals surface area contributed by atoms with Gasteiger partial charge >= 0.3 is 0 Å². The topological polar surface area (TPSA) is 21.7 Å². The highest BCUT2D eigenvalue weighted by molar-refractivity contribution is 5.85. The number of methoxy groups -OCH3 is 1. The second-order valence-corrected chi connectivity index (χ2v) is 8.49. The van der Waals surface area contributed by atoms with Crippen LogP contribution in [0.2, 0.25) is 0 Å². The summed E-state index contributed by atoms with van der Waals surface area (Å²) in [6.45, 7) is 1.75. The molecule has 1 atom stereocenters. The van der Waals surface area contributed by atoms with Crippen LogP contribution in [0.15, 0.2) is 66.7 Å². The van der Waals surface area contributed by atoms with Gasteiger partial charge in [0.1, 0.15) is 18.1 Å². The van der Waals surface area contributed by atoms with Crippen molar-refractivity contribution in [3.63, 3.8) is 0 Å². The van der Waals surface area contributed by atoms with Gasteiger partial charge in [-0.1, -0.05) is 48.5 Å². The van der Waals surface area contributed by atoms with Gasteiger partial charge in [0.25, 0.3) is 0 Å². The molecule has 0 bridgehead atoms. The largest absolute Gasteiger partial charge is 0.496 e. The number of rotatable bonds is 7. The summed E-state index contributed by atoms with van der Waals surface area (Å²) in [4.78, 5) is 2.30. The fourth-order valence-corrected chi connectivity index (χ4v) is 4.40. The second-order valence-electron chi connectivity index (χ2n) is 8.49. The molecule has 3 nitrogen and oxygen atoms in total. The fourth-order valence-electron chi connectivity index (χ4n) is 4.40. The van der Waals surface area contributed by atoms with Gasteiger partial charge in [-0.15, -0.1) is 12.4 Å². The van der Waals surface area contributed by atoms with Crippen molar-refractivity contribution < 1.29 is 9.47 Å². The van der Waals surface area contributed by atoms with Gasteiger partial charge in [0.15, 0.2) is 0 Å². The number of fused-ring (bicyclic) bond motifs is 1. The van der Waals surface area contributed by atoms with Crippen molar-refractivity contribution in [2.75, 3.05) is 27.7 Å². The molecule has 0 N–H and O–H groups in total. The highest BCUT2D eigenvalue weighted by Gasteiger charge is 2.19. The van der Waals surface area contributed by atoms with Crippen LogP contribution in [0.3, 0.4) is 0 Å². The molecular weight excluding hydrogens is 406 g/mol. The third kappa shape index (κ3) is 5.81. The molecule has 31 heavy (non-hydrogen) atoms. The lowest BCUT2D eigenvalue weighted by Crippen LogP contribution is -2.26. The molecule has 0 saturated heterocycles. The van der Waals surface area contributed by atoms with Crippen LogP contribution < -0.4 is 9.47 Å². The van der Waals surface area contributed by atoms with Gasteiger partial charge in [0.2, 0.25) is 0 Å². The Morgan fingerprint density at radius 2 is 1.71 bits per heavy atom. The van der Waals surface area contributed by atoms with Crippen molar-refractivity contribution >= 4 is 12.4 Å². The predicted molar refractivity (Wildman–Crippen MR) is 131 cm³/mol. The van der Waals surface area contributed by atoms with Gasteiger partial charge in [0, 0.05) is 12.1 Å². The van der Waals surface area contributed by atoms with Crippen molar-refractivity contribution in [1.29, 1.82) is 0 Å². The van der Waals surface area contributed by atoms with Gasteiger partial charge in [0.05, 0.1) is 7.11 Å². The first-order chi connectivity index (χ1) is 14.6. The third-order valence-electron chi connectivity index (χ3n) is 5.91. The molecule has 0 fully saturated rings. The second kappa shape index (κ2) is 10.7. The molecule has 4 heteroatoms. The van der Waals surface area contributed by atoms with Crippen molar-refractivity contribution in [3.05, 3.63) is 83.4 Å². The number of benzene rings is 3. The van der Waals surface area contributed by atoms with Gasteiger partial charge in [-0.05, 0) is 79.7 Å². The molecule has 0 amide bonds. The molecule has 3 aromatic rings. The van der Waals surface area contributed by atoms with Crippen LogP contribution in [0.5, 0.6) is 11.5 Å². The zero-order valence-electron chi connectivity index (χ0n) is 18.6. The summed E-state index contributed by atoms with van der Waals surface area (Å²) in [5.41, 5.74) is 6.36. The maximum Gasteiger partial charge on any atom is 0.126 e. The van der Waals surface area contributed by atoms with E-state index in [0.717, 1.165) is 40.5 Å². The van der Waals surface area contributed by atoms with Crippen LogP contribution in [0.1, 0.15) is 23.1 Å². The van der Waals surface area contributed by atoms with Crippen LogP contribution in [0, 0.1) is 5.92 Å². The quantitative estimate of drug-likeness (QED) is 0.450. The van der Waals surface area contributed by atoms with Crippen molar-refractivity contribution in [2.24, 2.45) is 5.92 Å². The number of hydrogen-bond donors (Lipinski definition) is 0. The molecule has 0 heterocycles. The van der Waals surface area contributed by atoms with Crippen molar-refractivity contribution in [2.45, 2.75) is 25.9 Å². The summed E-state index contributed by atoms with van der Waals surface area (Å²) in [6.07, 6.45) is 3.59. The molecule has 3 aromatic carbocycles. The van der Waals surface area contributed by atoms with E-state index >= 15 is 0 Å². The molecule has 0 aromatic heterocycles. The number of para-hydroxylation sites is 1. The van der Waals surface area contributed by atoms with Gasteiger partial charge in [-0.2, -0.15) is 0 Å². The summed E-state index contributed by atoms with van der Waals surface area (Å²) in [7, 11) is 6.03. The summed E-state index contributed by atoms with van der Waals surface area (Å²) in [6, 6.07) is 23.3. The average Bonchev–Trinajstić information content (AvgIpc) is 2.77. The van der Waals surface area contributed by atoms with Gasteiger partial charge in [-0.3, -0.25) is 0 Å². The van der Waals surface area contributed by atoms with Crippen molar-refractivity contribution in [1.82, 2.24) is 4.90 Å². The number of aryl methyl sites for hydroxylation is 1. The first-order valence-electron chi connectivity index (χ1n) is 10.7. The van der Waals surface area contributed by atoms with E-state index < -0.39 is 0 Å². The Morgan fingerprint density at radius 1 is 0.935 bits per heavy atom. The summed E-state index contributed by atoms with van der Waals surface area (Å²) >= 11 is 0. The van der Waals surface area contributed by atoms with E-state index in [9.17, 15) is 0 Å². The van der Waals surface area contributed by atoms with E-state index in [1.54, 1.807) is 7.11 Å². The zero-order chi connectivity index (χ0) is 20.9. The van der Waals surface area contributed by atoms with Crippen molar-refractivity contribution in [3.8, 4) is 22.6 Å². The van der Waals surface area contributed by atoms with E-state index in [1.165, 1.54) is 30.5 Å². The lowest BCUT2D eigenvalue weighted by Gasteiger charge is -2.27. The summed E-state index contributed by atoms with van der Waals surface area (Å²) < 4.78 is 11.6. The zero-order valence-corrected chi connectivity index (χ0v) is 19.5. The minimum atomic E-state index is 0. The monoisotopic (exact) mass is 437 g/mol. The van der Waals surface area contributed by atoms with E-state index in [1.807, 2.05) is 18.2 Å². The molecule has 164 valence electrons. The van der Waals surface area contributed by atoms with Crippen LogP contribution in [0.25, 0.3) is 11.1 Å². The Labute approximate surface area is 192 Å². The fraction of sp³-hybridized carbons (Fsp3) is 0.333. The third-order valence-corrected chi connectivity index (χ3v) is 5.91. The van der Waals surface area contributed by atoms with E-state index in [0.29, 0.717) is 6.61 Å². The maximum atomic E-state index is 6.11. The molecule has 0 aliphatic heterocycles. The minimum Gasteiger partial charge on any atom is -0.496 e. The van der Waals surface area contributed by atoms with Crippen LogP contribution in [-0.4, -0.2) is 32.6 Å². The normalized spacial score (nSPS) is 15.2. The molecule has 0 saturated carbocycles. The lowest BCUT2D eigenvalue weighted by molar-refractivity contribution is 0.297. The predicted octanol–water partition coefficient (Wildman–Crippen LogP) is 6.03. The van der Waals surface area contributed by atoms with Crippen LogP contribution >= 0.6 is 12.4 Å². The average molecular weight is 438 g/mol. The first-order valence-corrected chi connectivity index (χ1v) is 10.7. The number of ether oxygens (including phenoxy) is 2. The highest BCUT2D eigenvalue weighted by Crippen LogP contribution is 2.31. The molecule has 4 rings (SSSR count). The number of hydrogen-bond acceptors (Lipinski definition) is 3. The SMILES string of the molecule is COc1ccccc1-c1ccc(COc2ccc3c(c2)CCC(CN(C)C)C3)cc1.Cl. The molecule has 0 radical (unpaired) electrons. The molecule has 1 aliphatic rings. The van der Waals surface area contributed by atoms with E-state index in [4.69, 9.17) is 9.47 Å². The minimum absolute atomic E-state index is 0. The molecule has 1 unspecified atom stereocenters. The summed E-state index contributed by atoms with van der Waals surface area (Å²) in [5.74, 6) is 2.62. The summed E-state index contributed by atoms with van der Waals surface area (Å²) in [5, 5.41) is 0. The highest BCUT2D eigenvalue weighted by atomic mass is 35.5. The molecule has 1 aliphatic carbocycles. The lowest BCUT2D eigenvalue weighted by atomic mass is 9.83. The van der Waals surface area contributed by atoms with E-state index in [-0.39, 0.29) is 12.4 Å². The molecule has 0 spiro atoms.